The molecule has 2 rings (SSSR count). The van der Waals surface area contributed by atoms with E-state index in [9.17, 15) is 9.59 Å². The van der Waals surface area contributed by atoms with Gasteiger partial charge in [-0.1, -0.05) is 28.1 Å². The smallest absolute Gasteiger partial charge is 0.316 e. The Kier molecular flexibility index (Phi) is 7.33. The minimum atomic E-state index is -0.442. The van der Waals surface area contributed by atoms with E-state index in [0.29, 0.717) is 11.4 Å². The Morgan fingerprint density at radius 3 is 2.68 bits per heavy atom. The molecule has 0 radical (unpaired) electrons. The minimum absolute atomic E-state index is 0.143. The highest BCUT2D eigenvalue weighted by molar-refractivity contribution is 9.10. The highest BCUT2D eigenvalue weighted by Crippen LogP contribution is 2.25. The topological polar surface area (TPSA) is 64.6 Å². The second-order valence-corrected chi connectivity index (χ2v) is 7.04. The molecule has 1 amide bonds. The first-order valence-corrected chi connectivity index (χ1v) is 9.25. The molecule has 0 aliphatic carbocycles. The molecule has 0 aliphatic rings. The standard InChI is InChI=1S/C18H18BrNO4S/c1-12-9-13(19)7-8-16(12)25-11-18(22)24-10-17(21)20-14-5-3-4-6-15(14)23-2/h3-9H,10-11H2,1-2H3,(H,20,21). The molecule has 0 unspecified atom stereocenters. The van der Waals surface area contributed by atoms with E-state index in [4.69, 9.17) is 9.47 Å². The lowest BCUT2D eigenvalue weighted by molar-refractivity contribution is -0.144. The summed E-state index contributed by atoms with van der Waals surface area (Å²) in [6.07, 6.45) is 0. The average molecular weight is 424 g/mol. The van der Waals surface area contributed by atoms with E-state index in [1.165, 1.54) is 18.9 Å². The van der Waals surface area contributed by atoms with Gasteiger partial charge in [0.2, 0.25) is 0 Å². The van der Waals surface area contributed by atoms with Crippen LogP contribution in [0.5, 0.6) is 5.75 Å². The number of aryl methyl sites for hydroxylation is 1. The number of ether oxygens (including phenoxy) is 2. The van der Waals surface area contributed by atoms with Crippen LogP contribution in [0.15, 0.2) is 51.8 Å². The van der Waals surface area contributed by atoms with Crippen LogP contribution in [0.1, 0.15) is 5.56 Å². The van der Waals surface area contributed by atoms with Crippen LogP contribution in [-0.2, 0) is 14.3 Å². The summed E-state index contributed by atoms with van der Waals surface area (Å²) in [7, 11) is 1.52. The van der Waals surface area contributed by atoms with E-state index in [0.717, 1.165) is 14.9 Å². The van der Waals surface area contributed by atoms with Gasteiger partial charge in [-0.15, -0.1) is 11.8 Å². The van der Waals surface area contributed by atoms with Crippen LogP contribution >= 0.6 is 27.7 Å². The number of halogens is 1. The lowest BCUT2D eigenvalue weighted by Crippen LogP contribution is -2.21. The molecule has 5 nitrogen and oxygen atoms in total. The predicted octanol–water partition coefficient (Wildman–Crippen LogP) is 4.04. The molecular formula is C18H18BrNO4S. The second-order valence-electron chi connectivity index (χ2n) is 5.11. The number of benzene rings is 2. The van der Waals surface area contributed by atoms with Crippen molar-refractivity contribution in [3.05, 3.63) is 52.5 Å². The molecule has 7 heteroatoms. The number of hydrogen-bond acceptors (Lipinski definition) is 5. The maximum absolute atomic E-state index is 11.9. The zero-order valence-corrected chi connectivity index (χ0v) is 16.3. The Morgan fingerprint density at radius 2 is 1.96 bits per heavy atom. The molecule has 0 aliphatic heterocycles. The van der Waals surface area contributed by atoms with Crippen molar-refractivity contribution in [3.8, 4) is 5.75 Å². The third-order valence-corrected chi connectivity index (χ3v) is 4.87. The first-order valence-electron chi connectivity index (χ1n) is 7.47. The number of carbonyl (C=O) groups is 2. The number of methoxy groups -OCH3 is 1. The van der Waals surface area contributed by atoms with Crippen LogP contribution in [-0.4, -0.2) is 31.3 Å². The lowest BCUT2D eigenvalue weighted by Gasteiger charge is -2.10. The van der Waals surface area contributed by atoms with Gasteiger partial charge in [0.05, 0.1) is 18.6 Å². The highest BCUT2D eigenvalue weighted by atomic mass is 79.9. The fourth-order valence-electron chi connectivity index (χ4n) is 2.03. The van der Waals surface area contributed by atoms with Crippen molar-refractivity contribution in [1.29, 1.82) is 0 Å². The molecule has 0 saturated heterocycles. The number of thioether (sulfide) groups is 1. The van der Waals surface area contributed by atoms with E-state index in [-0.39, 0.29) is 12.4 Å². The van der Waals surface area contributed by atoms with Gasteiger partial charge in [0.15, 0.2) is 6.61 Å². The van der Waals surface area contributed by atoms with Gasteiger partial charge in [-0.05, 0) is 42.8 Å². The van der Waals surface area contributed by atoms with Gasteiger partial charge in [0.25, 0.3) is 5.91 Å². The maximum atomic E-state index is 11.9. The summed E-state index contributed by atoms with van der Waals surface area (Å²) in [5, 5.41) is 2.65. The lowest BCUT2D eigenvalue weighted by atomic mass is 10.2. The number of rotatable bonds is 7. The molecular weight excluding hydrogens is 406 g/mol. The summed E-state index contributed by atoms with van der Waals surface area (Å²) in [4.78, 5) is 24.7. The van der Waals surface area contributed by atoms with E-state index in [1.54, 1.807) is 24.3 Å². The van der Waals surface area contributed by atoms with Crippen molar-refractivity contribution in [2.45, 2.75) is 11.8 Å². The Hall–Kier alpha value is -1.99. The molecule has 132 valence electrons. The fraction of sp³-hybridized carbons (Fsp3) is 0.222. The number of carbonyl (C=O) groups excluding carboxylic acids is 2. The first-order chi connectivity index (χ1) is 12.0. The van der Waals surface area contributed by atoms with E-state index in [2.05, 4.69) is 21.2 Å². The first kappa shape index (κ1) is 19.3. The van der Waals surface area contributed by atoms with Crippen molar-refractivity contribution >= 4 is 45.3 Å². The number of nitrogens with one attached hydrogen (secondary N) is 1. The molecule has 0 saturated carbocycles. The van der Waals surface area contributed by atoms with Crippen LogP contribution in [0.4, 0.5) is 5.69 Å². The summed E-state index contributed by atoms with van der Waals surface area (Å²) in [5.41, 5.74) is 1.60. The summed E-state index contributed by atoms with van der Waals surface area (Å²) < 4.78 is 11.2. The summed E-state index contributed by atoms with van der Waals surface area (Å²) >= 11 is 4.78. The molecule has 0 fully saturated rings. The Bertz CT molecular complexity index is 766. The number of amides is 1. The van der Waals surface area contributed by atoms with Crippen LogP contribution in [0.2, 0.25) is 0 Å². The van der Waals surface area contributed by atoms with Crippen LogP contribution < -0.4 is 10.1 Å². The molecule has 0 aromatic heterocycles. The Labute approximate surface area is 159 Å². The second kappa shape index (κ2) is 9.48. The molecule has 0 bridgehead atoms. The van der Waals surface area contributed by atoms with E-state index < -0.39 is 11.9 Å². The maximum Gasteiger partial charge on any atom is 0.316 e. The fourth-order valence-corrected chi connectivity index (χ4v) is 3.32. The zero-order chi connectivity index (χ0) is 18.2. The molecule has 25 heavy (non-hydrogen) atoms. The Morgan fingerprint density at radius 1 is 1.20 bits per heavy atom. The quantitative estimate of drug-likeness (QED) is 0.537. The number of esters is 1. The monoisotopic (exact) mass is 423 g/mol. The van der Waals surface area contributed by atoms with Crippen LogP contribution in [0.25, 0.3) is 0 Å². The summed E-state index contributed by atoms with van der Waals surface area (Å²) in [5.74, 6) is -0.168. The molecule has 0 spiro atoms. The molecule has 0 heterocycles. The van der Waals surface area contributed by atoms with Gasteiger partial charge in [-0.2, -0.15) is 0 Å². The van der Waals surface area contributed by atoms with Crippen molar-refractivity contribution in [3.63, 3.8) is 0 Å². The SMILES string of the molecule is COc1ccccc1NC(=O)COC(=O)CSc1ccc(Br)cc1C. The number of anilines is 1. The van der Waals surface area contributed by atoms with Crippen molar-refractivity contribution in [2.75, 3.05) is 24.8 Å². The minimum Gasteiger partial charge on any atom is -0.495 e. The molecule has 2 aromatic rings. The normalized spacial score (nSPS) is 10.2. The van der Waals surface area contributed by atoms with Gasteiger partial charge in [-0.3, -0.25) is 9.59 Å². The third kappa shape index (κ3) is 6.10. The van der Waals surface area contributed by atoms with Crippen LogP contribution in [0, 0.1) is 6.92 Å². The van der Waals surface area contributed by atoms with Gasteiger partial charge in [0, 0.05) is 9.37 Å². The average Bonchev–Trinajstić information content (AvgIpc) is 2.59. The van der Waals surface area contributed by atoms with Gasteiger partial charge in [0.1, 0.15) is 5.75 Å². The van der Waals surface area contributed by atoms with Gasteiger partial charge in [-0.25, -0.2) is 0 Å². The van der Waals surface area contributed by atoms with E-state index >= 15 is 0 Å². The highest BCUT2D eigenvalue weighted by Gasteiger charge is 2.11. The molecule has 2 aromatic carbocycles. The van der Waals surface area contributed by atoms with Crippen LogP contribution in [0.3, 0.4) is 0 Å². The van der Waals surface area contributed by atoms with Gasteiger partial charge >= 0.3 is 5.97 Å². The molecule has 0 atom stereocenters. The van der Waals surface area contributed by atoms with Crippen molar-refractivity contribution in [1.82, 2.24) is 0 Å². The zero-order valence-electron chi connectivity index (χ0n) is 13.9. The predicted molar refractivity (Wildman–Crippen MR) is 102 cm³/mol. The van der Waals surface area contributed by atoms with E-state index in [1.807, 2.05) is 25.1 Å². The largest absolute Gasteiger partial charge is 0.495 e. The Balaban J connectivity index is 1.78. The number of para-hydroxylation sites is 2. The summed E-state index contributed by atoms with van der Waals surface area (Å²) in [6, 6.07) is 12.9. The van der Waals surface area contributed by atoms with Gasteiger partial charge < -0.3 is 14.8 Å². The summed E-state index contributed by atoms with van der Waals surface area (Å²) in [6.45, 7) is 1.63. The molecule has 1 N–H and O–H groups in total. The third-order valence-electron chi connectivity index (χ3n) is 3.23. The van der Waals surface area contributed by atoms with Crippen molar-refractivity contribution in [2.24, 2.45) is 0 Å². The number of hydrogen-bond donors (Lipinski definition) is 1. The van der Waals surface area contributed by atoms with Crippen molar-refractivity contribution < 1.29 is 19.1 Å².